The van der Waals surface area contributed by atoms with Crippen molar-refractivity contribution in [3.8, 4) is 0 Å². The number of carbonyl (C=O) groups is 4. The van der Waals surface area contributed by atoms with Crippen LogP contribution in [0.5, 0.6) is 0 Å². The summed E-state index contributed by atoms with van der Waals surface area (Å²) in [5, 5.41) is 16.7. The summed E-state index contributed by atoms with van der Waals surface area (Å²) in [6.07, 6.45) is 15.1. The first-order valence-corrected chi connectivity index (χ1v) is 22.2. The second-order valence-corrected chi connectivity index (χ2v) is 18.1. The molecule has 0 radical (unpaired) electrons. The largest absolute Gasteiger partial charge is 0.391 e. The Balaban J connectivity index is 0.873. The number of aliphatic hydroxyl groups is 1. The van der Waals surface area contributed by atoms with Gasteiger partial charge in [0.15, 0.2) is 5.78 Å². The van der Waals surface area contributed by atoms with Crippen LogP contribution >= 0.6 is 0 Å². The molecule has 3 aliphatic rings. The molecule has 6 rings (SSSR count). The molecule has 0 bridgehead atoms. The Labute approximate surface area is 353 Å². The van der Waals surface area contributed by atoms with Gasteiger partial charge in [0, 0.05) is 69.7 Å². The molecule has 326 valence electrons. The van der Waals surface area contributed by atoms with Crippen molar-refractivity contribution in [1.82, 2.24) is 34.6 Å². The van der Waals surface area contributed by atoms with Crippen LogP contribution in [0.4, 0.5) is 17.5 Å². The summed E-state index contributed by atoms with van der Waals surface area (Å²) in [6.45, 7) is 12.7. The number of aromatic nitrogens is 4. The normalized spacial score (nSPS) is 18.0. The molecule has 0 spiro atoms. The van der Waals surface area contributed by atoms with Gasteiger partial charge in [-0.25, -0.2) is 9.97 Å². The van der Waals surface area contributed by atoms with E-state index in [1.807, 2.05) is 44.0 Å². The van der Waals surface area contributed by atoms with Gasteiger partial charge in [0.2, 0.25) is 23.7 Å². The predicted molar refractivity (Wildman–Crippen MR) is 232 cm³/mol. The van der Waals surface area contributed by atoms with Gasteiger partial charge < -0.3 is 30.4 Å². The Kier molecular flexibility index (Phi) is 14.9. The summed E-state index contributed by atoms with van der Waals surface area (Å²) in [5.41, 5.74) is 1.62. The lowest BCUT2D eigenvalue weighted by molar-refractivity contribution is -0.138. The molecule has 1 aliphatic carbocycles. The predicted octanol–water partition coefficient (Wildman–Crippen LogP) is 5.84. The number of β-amino-alcohol motifs (C(OH)–C–C–N with tert-alkyl or cyclic N) is 1. The molecule has 15 heteroatoms. The number of aliphatic hydroxyl groups excluding tert-OH is 1. The lowest BCUT2D eigenvalue weighted by atomic mass is 9.85. The van der Waals surface area contributed by atoms with Crippen molar-refractivity contribution in [2.24, 2.45) is 5.41 Å². The highest BCUT2D eigenvalue weighted by Gasteiger charge is 2.38. The quantitative estimate of drug-likeness (QED) is 0.110. The zero-order valence-electron chi connectivity index (χ0n) is 36.3. The van der Waals surface area contributed by atoms with Gasteiger partial charge in [-0.15, -0.1) is 0 Å². The van der Waals surface area contributed by atoms with Crippen molar-refractivity contribution in [1.29, 1.82) is 0 Å². The monoisotopic (exact) mass is 828 g/mol. The van der Waals surface area contributed by atoms with Gasteiger partial charge in [-0.3, -0.25) is 28.5 Å². The van der Waals surface area contributed by atoms with Crippen LogP contribution in [0.1, 0.15) is 140 Å². The maximum Gasteiger partial charge on any atom is 0.263 e. The van der Waals surface area contributed by atoms with Crippen LogP contribution in [-0.2, 0) is 14.4 Å². The van der Waals surface area contributed by atoms with E-state index in [4.69, 9.17) is 4.98 Å². The molecule has 15 nitrogen and oxygen atoms in total. The highest BCUT2D eigenvalue weighted by atomic mass is 16.3. The number of nitrogens with zero attached hydrogens (tertiary/aromatic N) is 7. The molecule has 0 aromatic carbocycles. The minimum Gasteiger partial charge on any atom is -0.391 e. The second-order valence-electron chi connectivity index (χ2n) is 18.1. The molecular weight excluding hydrogens is 763 g/mol. The van der Waals surface area contributed by atoms with Gasteiger partial charge in [-0.2, -0.15) is 4.98 Å². The fourth-order valence-corrected chi connectivity index (χ4v) is 8.89. The number of carbonyl (C=O) groups excluding carboxylic acids is 4. The van der Waals surface area contributed by atoms with Gasteiger partial charge in [0.05, 0.1) is 23.6 Å². The number of unbranched alkanes of at least 4 members (excludes halogenated alkanes) is 6. The summed E-state index contributed by atoms with van der Waals surface area (Å²) in [6, 6.07) is 3.26. The highest BCUT2D eigenvalue weighted by molar-refractivity contribution is 5.99. The summed E-state index contributed by atoms with van der Waals surface area (Å²) >= 11 is 0. The number of rotatable bonds is 17. The minimum atomic E-state index is -0.609. The van der Waals surface area contributed by atoms with Gasteiger partial charge in [0.25, 0.3) is 5.56 Å². The number of piperazine rings is 1. The molecule has 3 N–H and O–H groups in total. The van der Waals surface area contributed by atoms with Gasteiger partial charge >= 0.3 is 0 Å². The van der Waals surface area contributed by atoms with E-state index in [-0.39, 0.29) is 40.7 Å². The number of amides is 3. The van der Waals surface area contributed by atoms with Gasteiger partial charge in [0.1, 0.15) is 17.5 Å². The Morgan fingerprint density at radius 3 is 2.12 bits per heavy atom. The topological polar surface area (TPSA) is 183 Å². The number of aryl methyl sites for hydroxylation is 1. The summed E-state index contributed by atoms with van der Waals surface area (Å²) in [5.74, 6) is 0.633. The van der Waals surface area contributed by atoms with Crippen molar-refractivity contribution < 1.29 is 24.3 Å². The smallest absolute Gasteiger partial charge is 0.263 e. The van der Waals surface area contributed by atoms with Crippen molar-refractivity contribution >= 4 is 52.0 Å². The van der Waals surface area contributed by atoms with Gasteiger partial charge in [-0.05, 0) is 69.1 Å². The van der Waals surface area contributed by atoms with E-state index >= 15 is 0 Å². The van der Waals surface area contributed by atoms with Crippen LogP contribution in [0.2, 0.25) is 0 Å². The molecule has 2 atom stereocenters. The molecular formula is C45H65N9O6. The number of ketones is 1. The molecule has 3 amide bonds. The molecule has 2 aliphatic heterocycles. The van der Waals surface area contributed by atoms with Gasteiger partial charge in [-0.1, -0.05) is 65.7 Å². The van der Waals surface area contributed by atoms with Crippen LogP contribution in [0.3, 0.4) is 0 Å². The van der Waals surface area contributed by atoms with Crippen LogP contribution in [0.25, 0.3) is 11.0 Å². The van der Waals surface area contributed by atoms with E-state index in [1.54, 1.807) is 22.6 Å². The molecule has 0 unspecified atom stereocenters. The number of likely N-dealkylation sites (tertiary alicyclic amines) is 1. The third kappa shape index (κ3) is 11.1. The second kappa shape index (κ2) is 20.1. The Bertz CT molecular complexity index is 2050. The molecule has 1 saturated carbocycles. The first-order valence-electron chi connectivity index (χ1n) is 22.2. The molecule has 60 heavy (non-hydrogen) atoms. The maximum absolute atomic E-state index is 13.6. The molecule has 3 aromatic rings. The van der Waals surface area contributed by atoms with Crippen molar-refractivity contribution in [3.05, 3.63) is 46.0 Å². The number of nitrogens with one attached hydrogen (secondary N) is 2. The number of hydrogen-bond donors (Lipinski definition) is 3. The van der Waals surface area contributed by atoms with Crippen molar-refractivity contribution in [2.75, 3.05) is 49.5 Å². The lowest BCUT2D eigenvalue weighted by Crippen LogP contribution is -2.54. The van der Waals surface area contributed by atoms with E-state index in [1.165, 1.54) is 6.92 Å². The summed E-state index contributed by atoms with van der Waals surface area (Å²) in [7, 11) is 0. The van der Waals surface area contributed by atoms with Crippen LogP contribution in [0, 0.1) is 12.3 Å². The van der Waals surface area contributed by atoms with E-state index < -0.39 is 17.6 Å². The number of Topliss-reactive ketones (excluding diaryl/α,β-unsaturated/α-hetero) is 1. The van der Waals surface area contributed by atoms with E-state index in [0.29, 0.717) is 73.8 Å². The highest BCUT2D eigenvalue weighted by Crippen LogP contribution is 2.32. The summed E-state index contributed by atoms with van der Waals surface area (Å²) in [4.78, 5) is 84.5. The van der Waals surface area contributed by atoms with Crippen molar-refractivity contribution in [2.45, 2.75) is 143 Å². The lowest BCUT2D eigenvalue weighted by Gasteiger charge is -2.36. The standard InChI is InChI=1S/C45H65N9O6/c1-30-35-28-47-44(50-41(35)54(32-15-13-14-16-32)42(59)39(30)31(2)55)48-36-20-19-33(27-46-36)51-23-25-52(26-24-51)38(58)18-12-10-8-6-7-9-11-17-37(57)49-40(45(3,4)5)43(60)53-22-21-34(56)29-53/h19-20,27-28,32,34,40,56H,6-18,21-26,29H2,1-5H3,(H,49,57)(H,46,47,48,50)/t34-,40-/m1/s1. The Morgan fingerprint density at radius 1 is 0.850 bits per heavy atom. The average molecular weight is 828 g/mol. The number of anilines is 3. The van der Waals surface area contributed by atoms with E-state index in [0.717, 1.165) is 89.4 Å². The number of hydrogen-bond acceptors (Lipinski definition) is 11. The Morgan fingerprint density at radius 2 is 1.52 bits per heavy atom. The molecule has 2 saturated heterocycles. The fraction of sp³-hybridized carbons (Fsp3) is 0.644. The summed E-state index contributed by atoms with van der Waals surface area (Å²) < 4.78 is 1.70. The fourth-order valence-electron chi connectivity index (χ4n) is 8.89. The zero-order chi connectivity index (χ0) is 43.0. The minimum absolute atomic E-state index is 0.00262. The molecule has 5 heterocycles. The third-order valence-electron chi connectivity index (χ3n) is 12.4. The Hall–Kier alpha value is -4.92. The molecule has 3 aromatic heterocycles. The zero-order valence-corrected chi connectivity index (χ0v) is 36.3. The maximum atomic E-state index is 13.6. The average Bonchev–Trinajstić information content (AvgIpc) is 3.91. The number of fused-ring (bicyclic) bond motifs is 1. The van der Waals surface area contributed by atoms with Crippen molar-refractivity contribution in [3.63, 3.8) is 0 Å². The SMILES string of the molecule is CC(=O)c1c(C)c2cnc(Nc3ccc(N4CCN(C(=O)CCCCCCCCCC(=O)N[C@H](C(=O)N5CC[C@@H](O)C5)C(C)(C)C)CC4)cn3)nc2n(C2CCCC2)c1=O. The first-order chi connectivity index (χ1) is 28.7. The van der Waals surface area contributed by atoms with E-state index in [9.17, 15) is 29.1 Å². The molecule has 3 fully saturated rings. The van der Waals surface area contributed by atoms with Crippen LogP contribution in [0.15, 0.2) is 29.3 Å². The number of pyridine rings is 2. The van der Waals surface area contributed by atoms with Crippen LogP contribution in [-0.4, -0.2) is 109 Å². The van der Waals surface area contributed by atoms with Crippen LogP contribution < -0.4 is 21.1 Å². The third-order valence-corrected chi connectivity index (χ3v) is 12.4. The first kappa shape index (κ1) is 44.6. The van der Waals surface area contributed by atoms with E-state index in [2.05, 4.69) is 25.5 Å².